The Labute approximate surface area is 146 Å². The lowest BCUT2D eigenvalue weighted by atomic mass is 10.2. The quantitative estimate of drug-likeness (QED) is 0.671. The van der Waals surface area contributed by atoms with E-state index < -0.39 is 0 Å². The summed E-state index contributed by atoms with van der Waals surface area (Å²) in [4.78, 5) is 16.6. The normalized spacial score (nSPS) is 15.3. The molecule has 0 aliphatic carbocycles. The Morgan fingerprint density at radius 3 is 2.57 bits per heavy atom. The van der Waals surface area contributed by atoms with E-state index >= 15 is 0 Å². The van der Waals surface area contributed by atoms with Gasteiger partial charge in [0, 0.05) is 42.3 Å². The molecule has 0 radical (unpaired) electrons. The summed E-state index contributed by atoms with van der Waals surface area (Å²) in [5, 5.41) is 2.69. The van der Waals surface area contributed by atoms with E-state index in [1.807, 2.05) is 34.5 Å². The van der Waals surface area contributed by atoms with E-state index in [9.17, 15) is 4.79 Å². The molecule has 1 aromatic carbocycles. The first-order valence-electron chi connectivity index (χ1n) is 6.67. The van der Waals surface area contributed by atoms with Gasteiger partial charge in [0.1, 0.15) is 0 Å². The number of halogens is 2. The van der Waals surface area contributed by atoms with Crippen LogP contribution in [0.1, 0.15) is 10.4 Å². The maximum atomic E-state index is 12.4. The largest absolute Gasteiger partial charge is 0.368 e. The molecule has 0 unspecified atom stereocenters. The van der Waals surface area contributed by atoms with E-state index in [4.69, 9.17) is 11.6 Å². The highest BCUT2D eigenvalue weighted by molar-refractivity contribution is 14.1. The Bertz CT molecular complexity index is 653. The van der Waals surface area contributed by atoms with Gasteiger partial charge >= 0.3 is 0 Å². The van der Waals surface area contributed by atoms with Crippen molar-refractivity contribution in [3.63, 3.8) is 0 Å². The standard InChI is InChI=1S/C15H14ClIN2OS/c16-12-2-1-3-13(9-12)18-4-6-19(7-5-18)15(20)11-8-14(17)21-10-11/h1-3,8-10H,4-7H2. The van der Waals surface area contributed by atoms with Gasteiger partial charge in [-0.25, -0.2) is 0 Å². The minimum absolute atomic E-state index is 0.139. The number of benzene rings is 1. The zero-order chi connectivity index (χ0) is 14.8. The number of nitrogens with zero attached hydrogens (tertiary/aromatic N) is 2. The lowest BCUT2D eigenvalue weighted by molar-refractivity contribution is 0.0747. The van der Waals surface area contributed by atoms with Crippen LogP contribution in [-0.2, 0) is 0 Å². The van der Waals surface area contributed by atoms with Crippen LogP contribution in [0.5, 0.6) is 0 Å². The molecule has 0 bridgehead atoms. The smallest absolute Gasteiger partial charge is 0.254 e. The summed E-state index contributed by atoms with van der Waals surface area (Å²) in [6.45, 7) is 3.18. The van der Waals surface area contributed by atoms with Gasteiger partial charge in [-0.1, -0.05) is 17.7 Å². The van der Waals surface area contributed by atoms with Gasteiger partial charge in [0.05, 0.1) is 8.45 Å². The number of anilines is 1. The SMILES string of the molecule is O=C(c1csc(I)c1)N1CCN(c2cccc(Cl)c2)CC1. The van der Waals surface area contributed by atoms with Gasteiger partial charge in [-0.3, -0.25) is 4.79 Å². The van der Waals surface area contributed by atoms with Crippen LogP contribution in [0.4, 0.5) is 5.69 Å². The Kier molecular flexibility index (Phi) is 4.71. The van der Waals surface area contributed by atoms with Crippen molar-refractivity contribution in [1.82, 2.24) is 4.90 Å². The average molecular weight is 433 g/mol. The number of hydrogen-bond donors (Lipinski definition) is 0. The van der Waals surface area contributed by atoms with E-state index in [2.05, 4.69) is 33.6 Å². The van der Waals surface area contributed by atoms with Gasteiger partial charge < -0.3 is 9.80 Å². The van der Waals surface area contributed by atoms with E-state index in [0.29, 0.717) is 0 Å². The summed E-state index contributed by atoms with van der Waals surface area (Å²) in [6.07, 6.45) is 0. The Hall–Kier alpha value is -0.790. The molecule has 3 nitrogen and oxygen atoms in total. The van der Waals surface area contributed by atoms with Crippen molar-refractivity contribution in [2.24, 2.45) is 0 Å². The zero-order valence-corrected chi connectivity index (χ0v) is 15.0. The van der Waals surface area contributed by atoms with Crippen molar-refractivity contribution in [3.8, 4) is 0 Å². The Balaban J connectivity index is 1.64. The number of carbonyl (C=O) groups excluding carboxylic acids is 1. The van der Waals surface area contributed by atoms with Crippen molar-refractivity contribution in [2.75, 3.05) is 31.1 Å². The van der Waals surface area contributed by atoms with Gasteiger partial charge in [0.2, 0.25) is 0 Å². The van der Waals surface area contributed by atoms with E-state index in [0.717, 1.165) is 45.3 Å². The fourth-order valence-electron chi connectivity index (χ4n) is 2.45. The van der Waals surface area contributed by atoms with Gasteiger partial charge in [-0.2, -0.15) is 0 Å². The molecule has 0 N–H and O–H groups in total. The molecule has 2 heterocycles. The monoisotopic (exact) mass is 432 g/mol. The molecule has 1 aliphatic heterocycles. The Morgan fingerprint density at radius 2 is 1.95 bits per heavy atom. The van der Waals surface area contributed by atoms with Gasteiger partial charge in [0.15, 0.2) is 0 Å². The minimum Gasteiger partial charge on any atom is -0.368 e. The highest BCUT2D eigenvalue weighted by Crippen LogP contribution is 2.22. The molecule has 1 aromatic heterocycles. The van der Waals surface area contributed by atoms with E-state index in [-0.39, 0.29) is 5.91 Å². The van der Waals surface area contributed by atoms with Crippen molar-refractivity contribution < 1.29 is 4.79 Å². The molecular formula is C15H14ClIN2OS. The Morgan fingerprint density at radius 1 is 1.19 bits per heavy atom. The molecule has 2 aromatic rings. The molecule has 110 valence electrons. The first-order valence-corrected chi connectivity index (χ1v) is 9.01. The van der Waals surface area contributed by atoms with Crippen LogP contribution >= 0.6 is 45.5 Å². The molecule has 6 heteroatoms. The number of piperazine rings is 1. The zero-order valence-electron chi connectivity index (χ0n) is 11.3. The highest BCUT2D eigenvalue weighted by Gasteiger charge is 2.22. The van der Waals surface area contributed by atoms with E-state index in [1.165, 1.54) is 0 Å². The number of hydrogen-bond acceptors (Lipinski definition) is 3. The molecular weight excluding hydrogens is 419 g/mol. The topological polar surface area (TPSA) is 23.6 Å². The lowest BCUT2D eigenvalue weighted by Gasteiger charge is -2.36. The molecule has 1 fully saturated rings. The molecule has 1 saturated heterocycles. The molecule has 0 spiro atoms. The first kappa shape index (κ1) is 15.1. The molecule has 0 atom stereocenters. The predicted octanol–water partition coefficient (Wildman–Crippen LogP) is 3.97. The molecule has 1 amide bonds. The van der Waals surface area contributed by atoms with Crippen LogP contribution in [0.25, 0.3) is 0 Å². The van der Waals surface area contributed by atoms with Crippen LogP contribution in [0.15, 0.2) is 35.7 Å². The minimum atomic E-state index is 0.139. The summed E-state index contributed by atoms with van der Waals surface area (Å²) in [5.74, 6) is 0.139. The van der Waals surface area contributed by atoms with Gasteiger partial charge in [0.25, 0.3) is 5.91 Å². The van der Waals surface area contributed by atoms with Gasteiger partial charge in [-0.15, -0.1) is 11.3 Å². The highest BCUT2D eigenvalue weighted by atomic mass is 127. The van der Waals surface area contributed by atoms with Crippen LogP contribution in [0.3, 0.4) is 0 Å². The number of amides is 1. The fourth-order valence-corrected chi connectivity index (χ4v) is 3.95. The second kappa shape index (κ2) is 6.54. The lowest BCUT2D eigenvalue weighted by Crippen LogP contribution is -2.48. The second-order valence-corrected chi connectivity index (χ2v) is 8.14. The number of carbonyl (C=O) groups is 1. The van der Waals surface area contributed by atoms with Crippen molar-refractivity contribution in [1.29, 1.82) is 0 Å². The fraction of sp³-hybridized carbons (Fsp3) is 0.267. The number of rotatable bonds is 2. The average Bonchev–Trinajstić information content (AvgIpc) is 2.93. The summed E-state index contributed by atoms with van der Waals surface area (Å²) < 4.78 is 1.15. The molecule has 0 saturated carbocycles. The summed E-state index contributed by atoms with van der Waals surface area (Å²) in [6, 6.07) is 9.83. The van der Waals surface area contributed by atoms with Crippen molar-refractivity contribution in [3.05, 3.63) is 49.2 Å². The summed E-state index contributed by atoms with van der Waals surface area (Å²) >= 11 is 9.89. The maximum absolute atomic E-state index is 12.4. The third-order valence-corrected chi connectivity index (χ3v) is 5.58. The summed E-state index contributed by atoms with van der Waals surface area (Å²) in [7, 11) is 0. The van der Waals surface area contributed by atoms with Gasteiger partial charge in [-0.05, 0) is 46.9 Å². The van der Waals surface area contributed by atoms with Crippen LogP contribution in [-0.4, -0.2) is 37.0 Å². The van der Waals surface area contributed by atoms with Crippen molar-refractivity contribution >= 4 is 57.1 Å². The van der Waals surface area contributed by atoms with E-state index in [1.54, 1.807) is 11.3 Å². The third-order valence-electron chi connectivity index (χ3n) is 3.55. The maximum Gasteiger partial charge on any atom is 0.254 e. The molecule has 3 rings (SSSR count). The third kappa shape index (κ3) is 3.52. The predicted molar refractivity (Wildman–Crippen MR) is 96.6 cm³/mol. The second-order valence-electron chi connectivity index (χ2n) is 4.90. The molecule has 21 heavy (non-hydrogen) atoms. The summed E-state index contributed by atoms with van der Waals surface area (Å²) in [5.41, 5.74) is 1.93. The number of thiophene rings is 1. The van der Waals surface area contributed by atoms with Crippen LogP contribution < -0.4 is 4.90 Å². The van der Waals surface area contributed by atoms with Crippen LogP contribution in [0.2, 0.25) is 5.02 Å². The van der Waals surface area contributed by atoms with Crippen molar-refractivity contribution in [2.45, 2.75) is 0 Å². The first-order chi connectivity index (χ1) is 10.1. The van der Waals surface area contributed by atoms with Crippen LogP contribution in [0, 0.1) is 2.88 Å². The molecule has 1 aliphatic rings.